The van der Waals surface area contributed by atoms with Crippen molar-refractivity contribution in [2.45, 2.75) is 57.8 Å². The number of carbonyl (C=O) groups is 1. The first-order valence-corrected chi connectivity index (χ1v) is 9.98. The van der Waals surface area contributed by atoms with Crippen LogP contribution in [0.1, 0.15) is 57.8 Å². The van der Waals surface area contributed by atoms with Crippen LogP contribution < -0.4 is 5.32 Å². The van der Waals surface area contributed by atoms with Gasteiger partial charge in [-0.1, -0.05) is 0 Å². The van der Waals surface area contributed by atoms with Gasteiger partial charge in [-0.2, -0.15) is 0 Å². The van der Waals surface area contributed by atoms with Crippen LogP contribution in [0.25, 0.3) is 0 Å². The van der Waals surface area contributed by atoms with Crippen molar-refractivity contribution in [1.82, 2.24) is 5.32 Å². The topological polar surface area (TPSA) is 29.1 Å². The first-order valence-electron chi connectivity index (χ1n) is 9.98. The second-order valence-electron chi connectivity index (χ2n) is 10.1. The molecule has 0 aliphatic heterocycles. The van der Waals surface area contributed by atoms with Gasteiger partial charge in [0.15, 0.2) is 0 Å². The van der Waals surface area contributed by atoms with E-state index in [0.29, 0.717) is 5.91 Å². The Balaban J connectivity index is 1.14. The third kappa shape index (κ3) is 1.65. The smallest absolute Gasteiger partial charge is 0.226 e. The van der Waals surface area contributed by atoms with E-state index < -0.39 is 0 Å². The number of hydrogen-bond acceptors (Lipinski definition) is 1. The van der Waals surface area contributed by atoms with Crippen LogP contribution in [0.15, 0.2) is 0 Å². The van der Waals surface area contributed by atoms with Crippen LogP contribution in [0, 0.1) is 52.8 Å². The minimum Gasteiger partial charge on any atom is -0.355 e. The largest absolute Gasteiger partial charge is 0.355 e. The molecule has 0 unspecified atom stereocenters. The van der Waals surface area contributed by atoms with E-state index in [1.165, 1.54) is 57.8 Å². The van der Waals surface area contributed by atoms with Crippen molar-refractivity contribution >= 4 is 5.91 Å². The fourth-order valence-corrected chi connectivity index (χ4v) is 8.38. The summed E-state index contributed by atoms with van der Waals surface area (Å²) in [7, 11) is 0. The van der Waals surface area contributed by atoms with Gasteiger partial charge < -0.3 is 5.32 Å². The number of carbonyl (C=O) groups excluding carboxylic acids is 1. The third-order valence-corrected chi connectivity index (χ3v) is 8.88. The maximum Gasteiger partial charge on any atom is 0.226 e. The lowest BCUT2D eigenvalue weighted by molar-refractivity contribution is -0.146. The summed E-state index contributed by atoms with van der Waals surface area (Å²) in [5.74, 6) is 8.13. The zero-order chi connectivity index (χ0) is 14.5. The van der Waals surface area contributed by atoms with E-state index >= 15 is 0 Å². The lowest BCUT2D eigenvalue weighted by Gasteiger charge is -2.55. The molecular weight excluding hydrogens is 270 g/mol. The number of fused-ring (bicyclic) bond motifs is 5. The Labute approximate surface area is 133 Å². The fraction of sp³-hybridized carbons (Fsp3) is 0.950. The highest BCUT2D eigenvalue weighted by Gasteiger charge is 2.61. The van der Waals surface area contributed by atoms with Gasteiger partial charge in [0.1, 0.15) is 0 Å². The molecule has 2 heteroatoms. The molecule has 0 aromatic heterocycles. The van der Waals surface area contributed by atoms with E-state index in [-0.39, 0.29) is 5.41 Å². The minimum atomic E-state index is 0.0640. The monoisotopic (exact) mass is 299 g/mol. The van der Waals surface area contributed by atoms with Crippen molar-refractivity contribution in [3.63, 3.8) is 0 Å². The standard InChI is InChI=1S/C20H29NO/c22-19(20-7-11-1-12(8-20)3-13(2-11)9-20)21-10-15-4-14-5-16(15)18-6-17(14)18/h11-18H,1-10H2,(H,21,22)/t11?,12?,13?,14-,15-,16+,17+,18+,20?/m0/s1. The molecule has 1 amide bonds. The zero-order valence-corrected chi connectivity index (χ0v) is 13.6. The maximum absolute atomic E-state index is 13.0. The Kier molecular flexibility index (Phi) is 2.40. The predicted octanol–water partition coefficient (Wildman–Crippen LogP) is 3.61. The summed E-state index contributed by atoms with van der Waals surface area (Å²) in [6, 6.07) is 0. The van der Waals surface area contributed by atoms with Gasteiger partial charge in [-0.15, -0.1) is 0 Å². The summed E-state index contributed by atoms with van der Waals surface area (Å²) in [5, 5.41) is 3.47. The van der Waals surface area contributed by atoms with Gasteiger partial charge >= 0.3 is 0 Å². The van der Waals surface area contributed by atoms with E-state index in [2.05, 4.69) is 5.32 Å². The predicted molar refractivity (Wildman–Crippen MR) is 84.9 cm³/mol. The van der Waals surface area contributed by atoms with Crippen LogP contribution >= 0.6 is 0 Å². The van der Waals surface area contributed by atoms with Crippen LogP contribution in [0.4, 0.5) is 0 Å². The molecule has 5 atom stereocenters. The fourth-order valence-electron chi connectivity index (χ4n) is 8.38. The maximum atomic E-state index is 13.0. The number of rotatable bonds is 3. The average molecular weight is 299 g/mol. The number of nitrogens with one attached hydrogen (secondary N) is 1. The van der Waals surface area contributed by atoms with Crippen molar-refractivity contribution in [3.05, 3.63) is 0 Å². The summed E-state index contributed by atoms with van der Waals surface area (Å²) < 4.78 is 0. The van der Waals surface area contributed by atoms with Crippen molar-refractivity contribution in [2.75, 3.05) is 6.54 Å². The Hall–Kier alpha value is -0.530. The van der Waals surface area contributed by atoms with E-state index in [4.69, 9.17) is 0 Å². The molecule has 1 N–H and O–H groups in total. The Morgan fingerprint density at radius 3 is 2.09 bits per heavy atom. The van der Waals surface area contributed by atoms with Crippen molar-refractivity contribution in [3.8, 4) is 0 Å². The molecular formula is C20H29NO. The van der Waals surface area contributed by atoms with E-state index in [0.717, 1.165) is 53.9 Å². The molecule has 7 aliphatic carbocycles. The number of amides is 1. The molecule has 22 heavy (non-hydrogen) atoms. The molecule has 7 aliphatic rings. The van der Waals surface area contributed by atoms with Gasteiger partial charge in [0.25, 0.3) is 0 Å². The summed E-state index contributed by atoms with van der Waals surface area (Å²) in [6.07, 6.45) is 12.4. The highest BCUT2D eigenvalue weighted by atomic mass is 16.2. The van der Waals surface area contributed by atoms with Gasteiger partial charge in [0.05, 0.1) is 0 Å². The molecule has 2 nitrogen and oxygen atoms in total. The molecule has 0 spiro atoms. The quantitative estimate of drug-likeness (QED) is 0.847. The highest BCUT2D eigenvalue weighted by molar-refractivity contribution is 5.83. The second kappa shape index (κ2) is 4.11. The molecule has 0 heterocycles. The first-order chi connectivity index (χ1) is 10.7. The van der Waals surface area contributed by atoms with E-state index in [1.807, 2.05) is 0 Å². The van der Waals surface area contributed by atoms with Crippen molar-refractivity contribution in [1.29, 1.82) is 0 Å². The normalized spacial score (nSPS) is 59.6. The van der Waals surface area contributed by atoms with Gasteiger partial charge in [0, 0.05) is 12.0 Å². The average Bonchev–Trinajstić information content (AvgIpc) is 3.09. The van der Waals surface area contributed by atoms with E-state index in [9.17, 15) is 4.79 Å². The highest BCUT2D eigenvalue weighted by Crippen LogP contribution is 2.67. The molecule has 7 rings (SSSR count). The molecule has 0 saturated heterocycles. The van der Waals surface area contributed by atoms with E-state index in [1.54, 1.807) is 0 Å². The molecule has 6 bridgehead atoms. The van der Waals surface area contributed by atoms with Crippen LogP contribution in [0.2, 0.25) is 0 Å². The summed E-state index contributed by atoms with van der Waals surface area (Å²) >= 11 is 0. The second-order valence-corrected chi connectivity index (χ2v) is 10.1. The SMILES string of the molecule is O=C(NC[C@@H]1C[C@H]2C[C@H]1[C@H]1C[C@H]21)C12CC3CC(CC(C3)C1)C2. The first kappa shape index (κ1) is 12.8. The number of hydrogen-bond donors (Lipinski definition) is 1. The lowest BCUT2D eigenvalue weighted by atomic mass is 9.49. The van der Waals surface area contributed by atoms with Crippen LogP contribution in [0.5, 0.6) is 0 Å². The van der Waals surface area contributed by atoms with Gasteiger partial charge in [-0.25, -0.2) is 0 Å². The van der Waals surface area contributed by atoms with Crippen LogP contribution in [-0.2, 0) is 4.79 Å². The third-order valence-electron chi connectivity index (χ3n) is 8.88. The van der Waals surface area contributed by atoms with Gasteiger partial charge in [-0.05, 0) is 105 Å². The molecule has 7 fully saturated rings. The Morgan fingerprint density at radius 2 is 1.50 bits per heavy atom. The van der Waals surface area contributed by atoms with Crippen molar-refractivity contribution in [2.24, 2.45) is 52.8 Å². The zero-order valence-electron chi connectivity index (χ0n) is 13.6. The summed E-state index contributed by atoms with van der Waals surface area (Å²) in [4.78, 5) is 13.0. The molecule has 0 aromatic rings. The van der Waals surface area contributed by atoms with Gasteiger partial charge in [0.2, 0.25) is 5.91 Å². The summed E-state index contributed by atoms with van der Waals surface area (Å²) in [5.41, 5.74) is 0.0640. The minimum absolute atomic E-state index is 0.0640. The molecule has 7 saturated carbocycles. The summed E-state index contributed by atoms with van der Waals surface area (Å²) in [6.45, 7) is 1.00. The van der Waals surface area contributed by atoms with Crippen molar-refractivity contribution < 1.29 is 4.79 Å². The van der Waals surface area contributed by atoms with Gasteiger partial charge in [-0.3, -0.25) is 4.79 Å². The molecule has 120 valence electrons. The Bertz CT molecular complexity index is 491. The van der Waals surface area contributed by atoms with Crippen LogP contribution in [-0.4, -0.2) is 12.5 Å². The molecule has 0 radical (unpaired) electrons. The Morgan fingerprint density at radius 1 is 0.818 bits per heavy atom. The molecule has 0 aromatic carbocycles. The van der Waals surface area contributed by atoms with Crippen LogP contribution in [0.3, 0.4) is 0 Å². The lowest BCUT2D eigenvalue weighted by Crippen LogP contribution is -2.54.